The first-order valence-electron chi connectivity index (χ1n) is 4.73. The SMILES string of the molecule is CC(C)(F)c1nnc(CCl)n1C1CC1. The summed E-state index contributed by atoms with van der Waals surface area (Å²) in [6.07, 6.45) is 2.15. The third-order valence-corrected chi connectivity index (χ3v) is 2.57. The molecule has 0 aliphatic heterocycles. The van der Waals surface area contributed by atoms with E-state index in [4.69, 9.17) is 11.6 Å². The molecule has 5 heteroatoms. The normalized spacial score (nSPS) is 17.4. The molecule has 0 bridgehead atoms. The molecule has 1 aliphatic rings. The van der Waals surface area contributed by atoms with Crippen molar-refractivity contribution >= 4 is 11.6 Å². The third kappa shape index (κ3) is 1.63. The van der Waals surface area contributed by atoms with Crippen molar-refractivity contribution in [3.05, 3.63) is 11.6 Å². The summed E-state index contributed by atoms with van der Waals surface area (Å²) in [7, 11) is 0. The van der Waals surface area contributed by atoms with Crippen LogP contribution in [0.1, 0.15) is 44.4 Å². The monoisotopic (exact) mass is 217 g/mol. The highest BCUT2D eigenvalue weighted by atomic mass is 35.5. The van der Waals surface area contributed by atoms with Gasteiger partial charge in [-0.25, -0.2) is 4.39 Å². The minimum Gasteiger partial charge on any atom is -0.308 e. The van der Waals surface area contributed by atoms with Gasteiger partial charge in [0, 0.05) is 6.04 Å². The minimum atomic E-state index is -1.44. The van der Waals surface area contributed by atoms with E-state index in [1.54, 1.807) is 0 Å². The topological polar surface area (TPSA) is 30.7 Å². The molecule has 1 saturated carbocycles. The molecule has 1 aromatic rings. The van der Waals surface area contributed by atoms with Crippen LogP contribution in [0.2, 0.25) is 0 Å². The fourth-order valence-electron chi connectivity index (χ4n) is 1.54. The molecule has 14 heavy (non-hydrogen) atoms. The standard InChI is InChI=1S/C9H13ClFN3/c1-9(2,11)8-13-12-7(5-10)14(8)6-3-4-6/h6H,3-5H2,1-2H3. The van der Waals surface area contributed by atoms with Gasteiger partial charge in [0.25, 0.3) is 0 Å². The summed E-state index contributed by atoms with van der Waals surface area (Å²) in [4.78, 5) is 0. The van der Waals surface area contributed by atoms with Crippen molar-refractivity contribution in [2.24, 2.45) is 0 Å². The van der Waals surface area contributed by atoms with Crippen molar-refractivity contribution in [1.82, 2.24) is 14.8 Å². The number of rotatable bonds is 3. The van der Waals surface area contributed by atoms with Gasteiger partial charge in [0.1, 0.15) is 5.82 Å². The van der Waals surface area contributed by atoms with Gasteiger partial charge in [0.15, 0.2) is 11.5 Å². The first-order valence-corrected chi connectivity index (χ1v) is 5.26. The Bertz CT molecular complexity index is 338. The van der Waals surface area contributed by atoms with Crippen LogP contribution in [-0.2, 0) is 11.5 Å². The molecule has 0 atom stereocenters. The zero-order chi connectivity index (χ0) is 10.3. The smallest absolute Gasteiger partial charge is 0.170 e. The van der Waals surface area contributed by atoms with E-state index in [0.717, 1.165) is 12.8 Å². The van der Waals surface area contributed by atoms with Gasteiger partial charge in [-0.05, 0) is 26.7 Å². The molecule has 2 rings (SSSR count). The van der Waals surface area contributed by atoms with Crippen LogP contribution in [0.3, 0.4) is 0 Å². The van der Waals surface area contributed by atoms with Crippen molar-refractivity contribution in [1.29, 1.82) is 0 Å². The van der Waals surface area contributed by atoms with Crippen molar-refractivity contribution < 1.29 is 4.39 Å². The lowest BCUT2D eigenvalue weighted by Gasteiger charge is -2.15. The number of aromatic nitrogens is 3. The predicted molar refractivity (Wildman–Crippen MR) is 52.0 cm³/mol. The van der Waals surface area contributed by atoms with Crippen LogP contribution in [0.15, 0.2) is 0 Å². The molecular weight excluding hydrogens is 205 g/mol. The molecule has 0 radical (unpaired) electrons. The fraction of sp³-hybridized carbons (Fsp3) is 0.778. The maximum atomic E-state index is 13.8. The first-order chi connectivity index (χ1) is 6.54. The molecule has 1 aliphatic carbocycles. The van der Waals surface area contributed by atoms with Crippen LogP contribution in [0, 0.1) is 0 Å². The summed E-state index contributed by atoms with van der Waals surface area (Å²) >= 11 is 5.72. The van der Waals surface area contributed by atoms with Crippen LogP contribution in [0.5, 0.6) is 0 Å². The molecule has 78 valence electrons. The quantitative estimate of drug-likeness (QED) is 0.729. The molecule has 0 N–H and O–H groups in total. The zero-order valence-corrected chi connectivity index (χ0v) is 9.05. The molecule has 1 aromatic heterocycles. The van der Waals surface area contributed by atoms with E-state index < -0.39 is 5.67 Å². The van der Waals surface area contributed by atoms with Crippen LogP contribution >= 0.6 is 11.6 Å². The van der Waals surface area contributed by atoms with Crippen molar-refractivity contribution in [2.45, 2.75) is 44.3 Å². The molecule has 0 amide bonds. The lowest BCUT2D eigenvalue weighted by molar-refractivity contribution is 0.198. The third-order valence-electron chi connectivity index (χ3n) is 2.33. The van der Waals surface area contributed by atoms with Gasteiger partial charge >= 0.3 is 0 Å². The van der Waals surface area contributed by atoms with E-state index >= 15 is 0 Å². The van der Waals surface area contributed by atoms with E-state index in [1.165, 1.54) is 13.8 Å². The highest BCUT2D eigenvalue weighted by Crippen LogP contribution is 2.39. The molecule has 0 aromatic carbocycles. The molecule has 3 nitrogen and oxygen atoms in total. The average Bonchev–Trinajstić information content (AvgIpc) is 2.82. The summed E-state index contributed by atoms with van der Waals surface area (Å²) in [5.74, 6) is 1.37. The summed E-state index contributed by atoms with van der Waals surface area (Å²) in [6.45, 7) is 2.99. The molecule has 0 spiro atoms. The Morgan fingerprint density at radius 2 is 2.14 bits per heavy atom. The highest BCUT2D eigenvalue weighted by Gasteiger charge is 2.35. The maximum absolute atomic E-state index is 13.8. The summed E-state index contributed by atoms with van der Waals surface area (Å²) in [5.41, 5.74) is -1.44. The van der Waals surface area contributed by atoms with Gasteiger partial charge in [0.05, 0.1) is 5.88 Å². The Balaban J connectivity index is 2.44. The van der Waals surface area contributed by atoms with E-state index in [-0.39, 0.29) is 0 Å². The van der Waals surface area contributed by atoms with Crippen LogP contribution in [-0.4, -0.2) is 14.8 Å². The Kier molecular flexibility index (Phi) is 2.26. The van der Waals surface area contributed by atoms with Crippen molar-refractivity contribution in [3.63, 3.8) is 0 Å². The molecule has 1 heterocycles. The Hall–Kier alpha value is -0.640. The van der Waals surface area contributed by atoms with Gasteiger partial charge in [-0.15, -0.1) is 21.8 Å². The van der Waals surface area contributed by atoms with Crippen molar-refractivity contribution in [2.75, 3.05) is 0 Å². The average molecular weight is 218 g/mol. The van der Waals surface area contributed by atoms with Crippen LogP contribution in [0.4, 0.5) is 4.39 Å². The largest absolute Gasteiger partial charge is 0.308 e. The Morgan fingerprint density at radius 3 is 2.57 bits per heavy atom. The molecular formula is C9H13ClFN3. The molecule has 0 saturated heterocycles. The van der Waals surface area contributed by atoms with E-state index in [9.17, 15) is 4.39 Å². The summed E-state index contributed by atoms with van der Waals surface area (Å²) in [6, 6.07) is 0.365. The number of hydrogen-bond acceptors (Lipinski definition) is 2. The number of alkyl halides is 2. The van der Waals surface area contributed by atoms with E-state index in [0.29, 0.717) is 23.6 Å². The molecule has 0 unspecified atom stereocenters. The molecule has 1 fully saturated rings. The van der Waals surface area contributed by atoms with Gasteiger partial charge in [-0.1, -0.05) is 0 Å². The summed E-state index contributed by atoms with van der Waals surface area (Å²) in [5, 5.41) is 7.78. The lowest BCUT2D eigenvalue weighted by atomic mass is 10.1. The van der Waals surface area contributed by atoms with Gasteiger partial charge < -0.3 is 4.57 Å². The van der Waals surface area contributed by atoms with E-state index in [2.05, 4.69) is 10.2 Å². The minimum absolute atomic E-state index is 0.291. The number of hydrogen-bond donors (Lipinski definition) is 0. The number of halogens is 2. The first kappa shape index (κ1) is 9.90. The van der Waals surface area contributed by atoms with Crippen LogP contribution < -0.4 is 0 Å². The fourth-order valence-corrected chi connectivity index (χ4v) is 1.72. The van der Waals surface area contributed by atoms with Crippen LogP contribution in [0.25, 0.3) is 0 Å². The van der Waals surface area contributed by atoms with Gasteiger partial charge in [-0.2, -0.15) is 0 Å². The number of nitrogens with zero attached hydrogens (tertiary/aromatic N) is 3. The Morgan fingerprint density at radius 1 is 1.50 bits per heavy atom. The predicted octanol–water partition coefficient (Wildman–Crippen LogP) is 2.56. The van der Waals surface area contributed by atoms with Gasteiger partial charge in [-0.3, -0.25) is 0 Å². The van der Waals surface area contributed by atoms with Crippen molar-refractivity contribution in [3.8, 4) is 0 Å². The second-order valence-electron chi connectivity index (χ2n) is 4.15. The maximum Gasteiger partial charge on any atom is 0.170 e. The second-order valence-corrected chi connectivity index (χ2v) is 4.41. The highest BCUT2D eigenvalue weighted by molar-refractivity contribution is 6.16. The summed E-state index contributed by atoms with van der Waals surface area (Å²) < 4.78 is 15.6. The Labute approximate surface area is 87.3 Å². The van der Waals surface area contributed by atoms with Gasteiger partial charge in [0.2, 0.25) is 0 Å². The second kappa shape index (κ2) is 3.19. The van der Waals surface area contributed by atoms with E-state index in [1.807, 2.05) is 4.57 Å². The lowest BCUT2D eigenvalue weighted by Crippen LogP contribution is -2.18. The zero-order valence-electron chi connectivity index (χ0n) is 8.30.